The number of nitriles is 1. The molecule has 0 saturated heterocycles. The SMILES string of the molecule is C=C(C)c1ccc(C)c(NC=O)c1.CCC(CC)NC.N#Cc1ccc(C2CC=CCC2)cc1. The van der Waals surface area contributed by atoms with Crippen molar-refractivity contribution in [3.63, 3.8) is 0 Å². The van der Waals surface area contributed by atoms with Gasteiger partial charge in [0.15, 0.2) is 0 Å². The average Bonchev–Trinajstić information content (AvgIpc) is 2.88. The van der Waals surface area contributed by atoms with E-state index in [0.717, 1.165) is 40.4 Å². The molecule has 0 aliphatic heterocycles. The number of amides is 1. The predicted molar refractivity (Wildman–Crippen MR) is 146 cm³/mol. The summed E-state index contributed by atoms with van der Waals surface area (Å²) in [6, 6.07) is 16.8. The summed E-state index contributed by atoms with van der Waals surface area (Å²) in [6.45, 7) is 12.1. The van der Waals surface area contributed by atoms with Crippen LogP contribution in [-0.2, 0) is 4.79 Å². The number of allylic oxidation sites excluding steroid dienone is 3. The van der Waals surface area contributed by atoms with E-state index in [1.807, 2.05) is 51.2 Å². The lowest BCUT2D eigenvalue weighted by atomic mass is 9.87. The molecule has 3 rings (SSSR count). The van der Waals surface area contributed by atoms with Crippen molar-refractivity contribution in [3.05, 3.63) is 83.4 Å². The number of anilines is 1. The maximum atomic E-state index is 10.3. The maximum Gasteiger partial charge on any atom is 0.211 e. The molecule has 182 valence electrons. The molecule has 1 amide bonds. The highest BCUT2D eigenvalue weighted by Gasteiger charge is 2.11. The van der Waals surface area contributed by atoms with Crippen molar-refractivity contribution < 1.29 is 4.79 Å². The van der Waals surface area contributed by atoms with Crippen molar-refractivity contribution in [2.75, 3.05) is 12.4 Å². The number of carbonyl (C=O) groups excluding carboxylic acids is 1. The zero-order chi connectivity index (χ0) is 25.3. The molecule has 4 nitrogen and oxygen atoms in total. The Morgan fingerprint density at radius 3 is 2.29 bits per heavy atom. The minimum Gasteiger partial charge on any atom is -0.328 e. The molecular weight excluding hydrogens is 418 g/mol. The van der Waals surface area contributed by atoms with Gasteiger partial charge in [0.05, 0.1) is 11.6 Å². The first-order valence-electron chi connectivity index (χ1n) is 12.2. The highest BCUT2D eigenvalue weighted by Crippen LogP contribution is 2.28. The van der Waals surface area contributed by atoms with Crippen LogP contribution in [0.15, 0.2) is 61.2 Å². The number of nitrogens with one attached hydrogen (secondary N) is 2. The summed E-state index contributed by atoms with van der Waals surface area (Å²) in [4.78, 5) is 10.3. The van der Waals surface area contributed by atoms with Crippen LogP contribution in [0.3, 0.4) is 0 Å². The Bertz CT molecular complexity index is 944. The van der Waals surface area contributed by atoms with E-state index in [4.69, 9.17) is 5.26 Å². The fourth-order valence-electron chi connectivity index (χ4n) is 3.73. The Morgan fingerprint density at radius 1 is 1.18 bits per heavy atom. The molecular formula is C30H41N3O. The summed E-state index contributed by atoms with van der Waals surface area (Å²) in [7, 11) is 2.01. The molecule has 1 aliphatic carbocycles. The molecule has 0 fully saturated rings. The molecule has 34 heavy (non-hydrogen) atoms. The van der Waals surface area contributed by atoms with Crippen molar-refractivity contribution in [1.29, 1.82) is 5.26 Å². The Kier molecular flexibility index (Phi) is 14.0. The van der Waals surface area contributed by atoms with Gasteiger partial charge in [-0.2, -0.15) is 5.26 Å². The van der Waals surface area contributed by atoms with Gasteiger partial charge >= 0.3 is 0 Å². The molecule has 1 aliphatic rings. The summed E-state index contributed by atoms with van der Waals surface area (Å²) in [5.41, 5.74) is 6.06. The smallest absolute Gasteiger partial charge is 0.211 e. The molecule has 1 atom stereocenters. The van der Waals surface area contributed by atoms with E-state index in [9.17, 15) is 4.79 Å². The molecule has 2 aromatic rings. The first kappa shape index (κ1) is 28.9. The van der Waals surface area contributed by atoms with Crippen LogP contribution in [0.2, 0.25) is 0 Å². The molecule has 0 aromatic heterocycles. The molecule has 4 heteroatoms. The van der Waals surface area contributed by atoms with Crippen LogP contribution in [-0.4, -0.2) is 19.5 Å². The standard InChI is InChI=1S/C13H13N.C11H13NO.C6H15N/c14-10-11-6-8-13(9-7-11)12-4-2-1-3-5-12;1-8(2)10-5-4-9(3)11(6-10)12-7-13;1-4-6(5-2)7-3/h1-2,6-9,12H,3-5H2;4-7H,1H2,2-3H3,(H,12,13);6-7H,4-5H2,1-3H3. The number of aryl methyl sites for hydroxylation is 1. The van der Waals surface area contributed by atoms with Crippen molar-refractivity contribution in [2.24, 2.45) is 0 Å². The molecule has 0 spiro atoms. The third-order valence-corrected chi connectivity index (χ3v) is 6.12. The number of hydrogen-bond donors (Lipinski definition) is 2. The molecule has 1 unspecified atom stereocenters. The second-order valence-corrected chi connectivity index (χ2v) is 8.59. The highest BCUT2D eigenvalue weighted by atomic mass is 16.1. The lowest BCUT2D eigenvalue weighted by Gasteiger charge is -2.17. The largest absolute Gasteiger partial charge is 0.328 e. The van der Waals surface area contributed by atoms with Gasteiger partial charge in [-0.1, -0.05) is 62.4 Å². The number of nitrogens with zero attached hydrogens (tertiary/aromatic N) is 1. The highest BCUT2D eigenvalue weighted by molar-refractivity contribution is 5.76. The molecule has 0 bridgehead atoms. The third kappa shape index (κ3) is 10.2. The Balaban J connectivity index is 0.000000271. The first-order valence-corrected chi connectivity index (χ1v) is 12.2. The minimum absolute atomic E-state index is 0.660. The Morgan fingerprint density at radius 2 is 1.85 bits per heavy atom. The van der Waals surface area contributed by atoms with Gasteiger partial charge in [0.25, 0.3) is 0 Å². The molecule has 0 heterocycles. The fraction of sp³-hybridized carbons (Fsp3) is 0.400. The molecule has 0 saturated carbocycles. The van der Waals surface area contributed by atoms with E-state index < -0.39 is 0 Å². The summed E-state index contributed by atoms with van der Waals surface area (Å²) < 4.78 is 0. The van der Waals surface area contributed by atoms with Gasteiger partial charge in [-0.3, -0.25) is 4.79 Å². The summed E-state index contributed by atoms with van der Waals surface area (Å²) in [5, 5.41) is 14.5. The Hall–Kier alpha value is -3.16. The van der Waals surface area contributed by atoms with Crippen molar-refractivity contribution in [1.82, 2.24) is 5.32 Å². The second-order valence-electron chi connectivity index (χ2n) is 8.59. The zero-order valence-corrected chi connectivity index (χ0v) is 21.5. The van der Waals surface area contributed by atoms with E-state index in [1.54, 1.807) is 0 Å². The van der Waals surface area contributed by atoms with Crippen LogP contribution >= 0.6 is 0 Å². The molecule has 2 N–H and O–H groups in total. The van der Waals surface area contributed by atoms with Crippen LogP contribution in [0.25, 0.3) is 5.57 Å². The van der Waals surface area contributed by atoms with Crippen LogP contribution in [0.4, 0.5) is 5.69 Å². The van der Waals surface area contributed by atoms with Gasteiger partial charge in [-0.15, -0.1) is 0 Å². The number of benzene rings is 2. The van der Waals surface area contributed by atoms with Crippen molar-refractivity contribution in [3.8, 4) is 6.07 Å². The van der Waals surface area contributed by atoms with Crippen molar-refractivity contribution >= 4 is 17.7 Å². The molecule has 2 aromatic carbocycles. The van der Waals surface area contributed by atoms with Gasteiger partial charge in [-0.05, 0) is 93.8 Å². The zero-order valence-electron chi connectivity index (χ0n) is 21.5. The lowest BCUT2D eigenvalue weighted by molar-refractivity contribution is -0.105. The van der Waals surface area contributed by atoms with Crippen LogP contribution in [0.5, 0.6) is 0 Å². The Labute approximate surface area is 206 Å². The monoisotopic (exact) mass is 459 g/mol. The summed E-state index contributed by atoms with van der Waals surface area (Å²) in [6.07, 6.45) is 11.2. The lowest BCUT2D eigenvalue weighted by Crippen LogP contribution is -2.22. The second kappa shape index (κ2) is 16.5. The van der Waals surface area contributed by atoms with E-state index in [-0.39, 0.29) is 0 Å². The number of rotatable bonds is 7. The van der Waals surface area contributed by atoms with Crippen LogP contribution in [0, 0.1) is 18.3 Å². The van der Waals surface area contributed by atoms with Crippen molar-refractivity contribution in [2.45, 2.75) is 71.8 Å². The minimum atomic E-state index is 0.660. The average molecular weight is 460 g/mol. The summed E-state index contributed by atoms with van der Waals surface area (Å²) >= 11 is 0. The van der Waals surface area contributed by atoms with Crippen LogP contribution < -0.4 is 10.6 Å². The van der Waals surface area contributed by atoms with E-state index in [2.05, 4.69) is 61.4 Å². The van der Waals surface area contributed by atoms with E-state index in [1.165, 1.54) is 31.2 Å². The van der Waals surface area contributed by atoms with Gasteiger partial charge in [-0.25, -0.2) is 0 Å². The summed E-state index contributed by atoms with van der Waals surface area (Å²) in [5.74, 6) is 0.660. The fourth-order valence-corrected chi connectivity index (χ4v) is 3.73. The third-order valence-electron chi connectivity index (χ3n) is 6.12. The number of carbonyl (C=O) groups is 1. The maximum absolute atomic E-state index is 10.3. The molecule has 0 radical (unpaired) electrons. The van der Waals surface area contributed by atoms with Gasteiger partial charge < -0.3 is 10.6 Å². The van der Waals surface area contributed by atoms with Gasteiger partial charge in [0, 0.05) is 11.7 Å². The van der Waals surface area contributed by atoms with E-state index >= 15 is 0 Å². The first-order chi connectivity index (χ1) is 16.4. The van der Waals surface area contributed by atoms with Gasteiger partial charge in [0.1, 0.15) is 0 Å². The number of hydrogen-bond acceptors (Lipinski definition) is 3. The van der Waals surface area contributed by atoms with Gasteiger partial charge in [0.2, 0.25) is 6.41 Å². The predicted octanol–water partition coefficient (Wildman–Crippen LogP) is 7.37. The quantitative estimate of drug-likeness (QED) is 0.335. The van der Waals surface area contributed by atoms with Crippen LogP contribution in [0.1, 0.15) is 81.0 Å². The topological polar surface area (TPSA) is 64.9 Å². The normalized spacial score (nSPS) is 14.1. The van der Waals surface area contributed by atoms with E-state index in [0.29, 0.717) is 12.3 Å².